The lowest BCUT2D eigenvalue weighted by Gasteiger charge is -2.08. The summed E-state index contributed by atoms with van der Waals surface area (Å²) in [6.07, 6.45) is 0. The Labute approximate surface area is 110 Å². The van der Waals surface area contributed by atoms with Crippen molar-refractivity contribution >= 4 is 15.9 Å². The molecule has 0 saturated heterocycles. The van der Waals surface area contributed by atoms with E-state index in [1.165, 1.54) is 0 Å². The van der Waals surface area contributed by atoms with E-state index in [0.717, 1.165) is 21.3 Å². The van der Waals surface area contributed by atoms with E-state index in [9.17, 15) is 0 Å². The number of halogens is 1. The Hall–Kier alpha value is -1.32. The number of benzene rings is 2. The third kappa shape index (κ3) is 3.32. The molecule has 0 atom stereocenters. The van der Waals surface area contributed by atoms with E-state index in [2.05, 4.69) is 22.0 Å². The van der Waals surface area contributed by atoms with Crippen molar-refractivity contribution in [2.75, 3.05) is 0 Å². The monoisotopic (exact) mass is 291 g/mol. The zero-order chi connectivity index (χ0) is 12.1. The lowest BCUT2D eigenvalue weighted by molar-refractivity contribution is 0.304. The van der Waals surface area contributed by atoms with Crippen LogP contribution in [-0.4, -0.2) is 0 Å². The highest BCUT2D eigenvalue weighted by atomic mass is 79.9. The molecule has 2 nitrogen and oxygen atoms in total. The molecule has 2 aromatic carbocycles. The predicted molar refractivity (Wildman–Crippen MR) is 72.8 cm³/mol. The zero-order valence-corrected chi connectivity index (χ0v) is 11.0. The highest BCUT2D eigenvalue weighted by Gasteiger charge is 2.00. The molecule has 0 radical (unpaired) electrons. The molecular weight excluding hydrogens is 278 g/mol. The summed E-state index contributed by atoms with van der Waals surface area (Å²) in [4.78, 5) is 0. The van der Waals surface area contributed by atoms with E-state index < -0.39 is 0 Å². The second kappa shape index (κ2) is 5.84. The topological polar surface area (TPSA) is 35.2 Å². The molecule has 0 aromatic heterocycles. The minimum absolute atomic E-state index is 0.552. The van der Waals surface area contributed by atoms with E-state index in [4.69, 9.17) is 10.5 Å². The summed E-state index contributed by atoms with van der Waals surface area (Å²) in [5.74, 6) is 0.852. The standard InChI is InChI=1S/C14H14BrNO/c15-13-6-1-2-7-14(13)17-10-12-5-3-4-11(8-12)9-16/h1-8H,9-10,16H2. The fourth-order valence-corrected chi connectivity index (χ4v) is 1.97. The van der Waals surface area contributed by atoms with E-state index in [0.29, 0.717) is 13.2 Å². The first-order valence-electron chi connectivity index (χ1n) is 5.45. The average Bonchev–Trinajstić information content (AvgIpc) is 2.38. The molecule has 0 heterocycles. The van der Waals surface area contributed by atoms with Gasteiger partial charge in [0.1, 0.15) is 12.4 Å². The van der Waals surface area contributed by atoms with Gasteiger partial charge in [-0.3, -0.25) is 0 Å². The van der Waals surface area contributed by atoms with E-state index in [1.807, 2.05) is 42.5 Å². The van der Waals surface area contributed by atoms with Gasteiger partial charge in [0.25, 0.3) is 0 Å². The molecule has 2 rings (SSSR count). The first-order valence-corrected chi connectivity index (χ1v) is 6.24. The van der Waals surface area contributed by atoms with Crippen LogP contribution >= 0.6 is 15.9 Å². The number of hydrogen-bond donors (Lipinski definition) is 1. The van der Waals surface area contributed by atoms with Crippen LogP contribution < -0.4 is 10.5 Å². The molecule has 0 fully saturated rings. The lowest BCUT2D eigenvalue weighted by Crippen LogP contribution is -2.00. The zero-order valence-electron chi connectivity index (χ0n) is 9.40. The maximum Gasteiger partial charge on any atom is 0.133 e. The van der Waals surface area contributed by atoms with Gasteiger partial charge >= 0.3 is 0 Å². The first-order chi connectivity index (χ1) is 8.29. The average molecular weight is 292 g/mol. The van der Waals surface area contributed by atoms with Crippen molar-refractivity contribution in [1.29, 1.82) is 0 Å². The first kappa shape index (κ1) is 12.1. The van der Waals surface area contributed by atoms with Crippen molar-refractivity contribution in [1.82, 2.24) is 0 Å². The summed E-state index contributed by atoms with van der Waals surface area (Å²) < 4.78 is 6.70. The molecule has 88 valence electrons. The molecule has 0 aliphatic carbocycles. The second-order valence-corrected chi connectivity index (χ2v) is 4.60. The molecule has 0 aliphatic heterocycles. The molecule has 2 N–H and O–H groups in total. The number of para-hydroxylation sites is 1. The Balaban J connectivity index is 2.05. The van der Waals surface area contributed by atoms with Crippen molar-refractivity contribution in [2.45, 2.75) is 13.2 Å². The van der Waals surface area contributed by atoms with E-state index >= 15 is 0 Å². The van der Waals surface area contributed by atoms with Gasteiger partial charge in [-0.15, -0.1) is 0 Å². The van der Waals surface area contributed by atoms with Crippen LogP contribution in [0, 0.1) is 0 Å². The summed E-state index contributed by atoms with van der Waals surface area (Å²) in [6.45, 7) is 1.11. The smallest absolute Gasteiger partial charge is 0.133 e. The van der Waals surface area contributed by atoms with Crippen LogP contribution in [0.15, 0.2) is 53.0 Å². The van der Waals surface area contributed by atoms with Gasteiger partial charge in [0.2, 0.25) is 0 Å². The summed E-state index contributed by atoms with van der Waals surface area (Å²) in [7, 11) is 0. The summed E-state index contributed by atoms with van der Waals surface area (Å²) in [6, 6.07) is 15.9. The van der Waals surface area contributed by atoms with Gasteiger partial charge in [-0.25, -0.2) is 0 Å². The van der Waals surface area contributed by atoms with Crippen molar-refractivity contribution in [3.63, 3.8) is 0 Å². The Kier molecular flexibility index (Phi) is 4.18. The van der Waals surface area contributed by atoms with E-state index in [-0.39, 0.29) is 0 Å². The van der Waals surface area contributed by atoms with Gasteiger partial charge in [0.05, 0.1) is 4.47 Å². The molecule has 0 unspecified atom stereocenters. The number of ether oxygens (including phenoxy) is 1. The van der Waals surface area contributed by atoms with Crippen LogP contribution in [0.5, 0.6) is 5.75 Å². The number of hydrogen-bond acceptors (Lipinski definition) is 2. The maximum atomic E-state index is 5.73. The van der Waals surface area contributed by atoms with Crippen LogP contribution in [0.2, 0.25) is 0 Å². The summed E-state index contributed by atoms with van der Waals surface area (Å²) in [5, 5.41) is 0. The van der Waals surface area contributed by atoms with Crippen LogP contribution in [0.1, 0.15) is 11.1 Å². The number of nitrogens with two attached hydrogens (primary N) is 1. The molecular formula is C14H14BrNO. The van der Waals surface area contributed by atoms with Gasteiger partial charge < -0.3 is 10.5 Å². The molecule has 0 aliphatic rings. The molecule has 0 bridgehead atoms. The highest BCUT2D eigenvalue weighted by molar-refractivity contribution is 9.10. The maximum absolute atomic E-state index is 5.73. The highest BCUT2D eigenvalue weighted by Crippen LogP contribution is 2.24. The second-order valence-electron chi connectivity index (χ2n) is 3.74. The minimum atomic E-state index is 0.552. The number of rotatable bonds is 4. The van der Waals surface area contributed by atoms with Crippen molar-refractivity contribution in [3.05, 3.63) is 64.1 Å². The molecule has 3 heteroatoms. The fourth-order valence-electron chi connectivity index (χ4n) is 1.57. The third-order valence-corrected chi connectivity index (χ3v) is 3.11. The lowest BCUT2D eigenvalue weighted by atomic mass is 10.1. The Morgan fingerprint density at radius 3 is 2.53 bits per heavy atom. The Morgan fingerprint density at radius 2 is 1.76 bits per heavy atom. The van der Waals surface area contributed by atoms with Gasteiger partial charge in [-0.2, -0.15) is 0 Å². The summed E-state index contributed by atoms with van der Waals surface area (Å²) in [5.41, 5.74) is 7.85. The normalized spacial score (nSPS) is 10.2. The van der Waals surface area contributed by atoms with Gasteiger partial charge in [-0.05, 0) is 39.2 Å². The molecule has 17 heavy (non-hydrogen) atoms. The predicted octanol–water partition coefficient (Wildman–Crippen LogP) is 3.49. The Morgan fingerprint density at radius 1 is 1.00 bits per heavy atom. The van der Waals surface area contributed by atoms with Crippen molar-refractivity contribution < 1.29 is 4.74 Å². The van der Waals surface area contributed by atoms with Crippen LogP contribution in [0.4, 0.5) is 0 Å². The van der Waals surface area contributed by atoms with Crippen molar-refractivity contribution in [3.8, 4) is 5.75 Å². The largest absolute Gasteiger partial charge is 0.488 e. The molecule has 2 aromatic rings. The SMILES string of the molecule is NCc1cccc(COc2ccccc2Br)c1. The minimum Gasteiger partial charge on any atom is -0.488 e. The van der Waals surface area contributed by atoms with Gasteiger partial charge in [0, 0.05) is 6.54 Å². The van der Waals surface area contributed by atoms with Crippen LogP contribution in [0.25, 0.3) is 0 Å². The van der Waals surface area contributed by atoms with Crippen LogP contribution in [-0.2, 0) is 13.2 Å². The van der Waals surface area contributed by atoms with Gasteiger partial charge in [0.15, 0.2) is 0 Å². The van der Waals surface area contributed by atoms with E-state index in [1.54, 1.807) is 0 Å². The molecule has 0 spiro atoms. The Bertz CT molecular complexity index is 499. The van der Waals surface area contributed by atoms with Gasteiger partial charge in [-0.1, -0.05) is 36.4 Å². The van der Waals surface area contributed by atoms with Crippen LogP contribution in [0.3, 0.4) is 0 Å². The fraction of sp³-hybridized carbons (Fsp3) is 0.143. The third-order valence-electron chi connectivity index (χ3n) is 2.46. The molecule has 0 saturated carbocycles. The summed E-state index contributed by atoms with van der Waals surface area (Å²) >= 11 is 3.45. The molecule has 0 amide bonds. The van der Waals surface area contributed by atoms with Crippen molar-refractivity contribution in [2.24, 2.45) is 5.73 Å². The quantitative estimate of drug-likeness (QED) is 0.936.